The molecule has 0 aromatic heterocycles. The Labute approximate surface area is 233 Å². The Morgan fingerprint density at radius 2 is 2.06 bits per heavy atom. The average molecular weight is 512 g/mol. The number of ether oxygens (including phenoxy) is 2. The molecular weight excluding hydrogens is 477 g/mol. The van der Waals surface area contributed by atoms with Crippen LogP contribution in [0.3, 0.4) is 0 Å². The Hall–Kier alpha value is -1.30. The van der Waals surface area contributed by atoms with Gasteiger partial charge < -0.3 is 24.7 Å². The van der Waals surface area contributed by atoms with Crippen LogP contribution < -0.4 is 40.0 Å². The van der Waals surface area contributed by atoms with Gasteiger partial charge in [0.25, 0.3) is 0 Å². The fourth-order valence-electron chi connectivity index (χ4n) is 6.46. The third kappa shape index (κ3) is 5.05. The summed E-state index contributed by atoms with van der Waals surface area (Å²) in [6.45, 7) is 6.39. The monoisotopic (exact) mass is 511 g/mol. The van der Waals surface area contributed by atoms with E-state index in [-0.39, 0.29) is 66.7 Å². The molecule has 0 radical (unpaired) electrons. The van der Waals surface area contributed by atoms with Gasteiger partial charge in [0.15, 0.2) is 11.5 Å². The van der Waals surface area contributed by atoms with Crippen molar-refractivity contribution in [3.63, 3.8) is 0 Å². The number of aliphatic carboxylic acids is 1. The predicted molar refractivity (Wildman–Crippen MR) is 123 cm³/mol. The van der Waals surface area contributed by atoms with Crippen molar-refractivity contribution in [3.8, 4) is 0 Å². The molecule has 6 rings (SSSR count). The number of carboxylic acid groups (broad SMARTS) is 1. The van der Waals surface area contributed by atoms with Gasteiger partial charge in [-0.15, -0.1) is 0 Å². The summed E-state index contributed by atoms with van der Waals surface area (Å²) in [5, 5.41) is 14.0. The molecule has 36 heavy (non-hydrogen) atoms. The second-order valence-corrected chi connectivity index (χ2v) is 10.8. The van der Waals surface area contributed by atoms with Crippen molar-refractivity contribution >= 4 is 24.0 Å². The predicted octanol–water partition coefficient (Wildman–Crippen LogP) is -1.36. The number of rotatable bonds is 7. The van der Waals surface area contributed by atoms with Crippen molar-refractivity contribution in [3.05, 3.63) is 11.8 Å². The first kappa shape index (κ1) is 27.7. The summed E-state index contributed by atoms with van der Waals surface area (Å²) in [6.07, 6.45) is 7.24. The van der Waals surface area contributed by atoms with Gasteiger partial charge in [0.05, 0.1) is 18.6 Å². The molecule has 192 valence electrons. The van der Waals surface area contributed by atoms with Gasteiger partial charge in [0, 0.05) is 49.4 Å². The molecular formula is C25H34N3NaO7. The molecule has 1 spiro atoms. The van der Waals surface area contributed by atoms with Gasteiger partial charge in [0.2, 0.25) is 18.0 Å². The maximum absolute atomic E-state index is 12.5. The Kier molecular flexibility index (Phi) is 8.34. The summed E-state index contributed by atoms with van der Waals surface area (Å²) in [6, 6.07) is -1.10. The number of amides is 1. The Morgan fingerprint density at radius 1 is 1.25 bits per heavy atom. The van der Waals surface area contributed by atoms with E-state index in [9.17, 15) is 14.7 Å². The summed E-state index contributed by atoms with van der Waals surface area (Å²) >= 11 is 0. The molecule has 1 aliphatic carbocycles. The van der Waals surface area contributed by atoms with Crippen LogP contribution >= 0.6 is 0 Å². The molecule has 6 aliphatic rings. The molecule has 11 heteroatoms. The molecule has 5 fully saturated rings. The number of nitrogens with zero attached hydrogens (tertiary/aromatic N) is 2. The Morgan fingerprint density at radius 3 is 2.78 bits per heavy atom. The number of fused-ring (bicyclic) bond motifs is 2. The molecule has 0 aromatic carbocycles. The zero-order chi connectivity index (χ0) is 24.8. The van der Waals surface area contributed by atoms with Crippen molar-refractivity contribution in [2.45, 2.75) is 89.4 Å². The summed E-state index contributed by atoms with van der Waals surface area (Å²) in [4.78, 5) is 44.5. The van der Waals surface area contributed by atoms with Gasteiger partial charge in [-0.3, -0.25) is 14.8 Å². The van der Waals surface area contributed by atoms with Gasteiger partial charge >= 0.3 is 29.6 Å². The van der Waals surface area contributed by atoms with Gasteiger partial charge in [-0.1, -0.05) is 13.8 Å². The fourth-order valence-corrected chi connectivity index (χ4v) is 6.46. The maximum atomic E-state index is 12.5. The number of hydrogen-bond acceptors (Lipinski definition) is 9. The molecule has 10 nitrogen and oxygen atoms in total. The molecule has 1 N–H and O–H groups in total. The number of aliphatic imine (C=N–C) groups is 2. The van der Waals surface area contributed by atoms with Gasteiger partial charge in [-0.25, -0.2) is 9.78 Å². The minimum Gasteiger partial charge on any atom is -0.548 e. The van der Waals surface area contributed by atoms with Crippen molar-refractivity contribution < 1.29 is 63.5 Å². The summed E-state index contributed by atoms with van der Waals surface area (Å²) in [5.41, 5.74) is 0.180. The van der Waals surface area contributed by atoms with Crippen LogP contribution in [0, 0.1) is 23.7 Å². The molecule has 8 atom stereocenters. The number of carbonyl (C=O) groups is 2. The van der Waals surface area contributed by atoms with Crippen LogP contribution in [0.2, 0.25) is 0 Å². The summed E-state index contributed by atoms with van der Waals surface area (Å²) in [5.74, 6) is -1.17. The Bertz CT molecular complexity index is 971. The molecule has 2 bridgehead atoms. The largest absolute Gasteiger partial charge is 1.00 e. The van der Waals surface area contributed by atoms with Gasteiger partial charge in [-0.05, 0) is 44.1 Å². The van der Waals surface area contributed by atoms with Crippen LogP contribution in [0.25, 0.3) is 0 Å². The standard InChI is InChI=1S/C25H35N3O7.Na/c1-14-4-5-18-15(2)21(32-23-25(18)17(14)6-9-24(3,33-23)34-35-25)27-11-8-20(29)28-19(22(30)31)12-16-7-10-26-13-16;/h10,13-15,17-19,23H,4-9,11-12H2,1-3H3,(H,28,29)(H,30,31);/q;+1/p-1. The van der Waals surface area contributed by atoms with E-state index in [0.717, 1.165) is 31.3 Å². The molecule has 1 saturated carbocycles. The SMILES string of the molecule is CC1CCC2C(C)C(=NCCC(=O)NC(CC3=CN=CC3)C(=O)[O-])OC3OC4(C)CCC1C32OO4.[Na+]. The van der Waals surface area contributed by atoms with E-state index in [4.69, 9.17) is 19.2 Å². The number of nitrogens with one attached hydrogen (secondary N) is 1. The van der Waals surface area contributed by atoms with Crippen molar-refractivity contribution in [2.24, 2.45) is 33.7 Å². The van der Waals surface area contributed by atoms with Crippen LogP contribution in [0.5, 0.6) is 0 Å². The molecule has 5 aliphatic heterocycles. The average Bonchev–Trinajstić information content (AvgIpc) is 3.22. The van der Waals surface area contributed by atoms with E-state index in [1.165, 1.54) is 0 Å². The summed E-state index contributed by atoms with van der Waals surface area (Å²) in [7, 11) is 0. The van der Waals surface area contributed by atoms with E-state index in [1.54, 1.807) is 12.4 Å². The molecule has 8 unspecified atom stereocenters. The maximum Gasteiger partial charge on any atom is 1.00 e. The fraction of sp³-hybridized carbons (Fsp3) is 0.760. The number of hydrogen-bond donors (Lipinski definition) is 1. The molecule has 5 heterocycles. The van der Waals surface area contributed by atoms with Crippen LogP contribution in [-0.4, -0.2) is 54.3 Å². The van der Waals surface area contributed by atoms with E-state index < -0.39 is 35.6 Å². The van der Waals surface area contributed by atoms with E-state index in [1.807, 2.05) is 6.92 Å². The number of carbonyl (C=O) groups excluding carboxylic acids is 2. The van der Waals surface area contributed by atoms with Crippen LogP contribution in [0.4, 0.5) is 0 Å². The second kappa shape index (κ2) is 10.8. The molecule has 0 aromatic rings. The zero-order valence-electron chi connectivity index (χ0n) is 21.5. The first-order valence-electron chi connectivity index (χ1n) is 12.7. The minimum absolute atomic E-state index is 0. The topological polar surface area (TPSA) is 131 Å². The van der Waals surface area contributed by atoms with Crippen molar-refractivity contribution in [1.29, 1.82) is 0 Å². The van der Waals surface area contributed by atoms with E-state index in [0.29, 0.717) is 18.2 Å². The quantitative estimate of drug-likeness (QED) is 0.330. The smallest absolute Gasteiger partial charge is 0.548 e. The van der Waals surface area contributed by atoms with Crippen LogP contribution in [0.1, 0.15) is 65.7 Å². The van der Waals surface area contributed by atoms with E-state index >= 15 is 0 Å². The number of carboxylic acids is 1. The zero-order valence-corrected chi connectivity index (χ0v) is 23.5. The van der Waals surface area contributed by atoms with Crippen molar-refractivity contribution in [2.75, 3.05) is 6.54 Å². The first-order valence-corrected chi connectivity index (χ1v) is 12.7. The second-order valence-electron chi connectivity index (χ2n) is 10.8. The van der Waals surface area contributed by atoms with Gasteiger partial charge in [-0.2, -0.15) is 0 Å². The van der Waals surface area contributed by atoms with E-state index in [2.05, 4.69) is 29.1 Å². The molecule has 4 saturated heterocycles. The minimum atomic E-state index is -1.32. The molecule has 1 amide bonds. The van der Waals surface area contributed by atoms with Crippen LogP contribution in [0.15, 0.2) is 21.8 Å². The van der Waals surface area contributed by atoms with Crippen molar-refractivity contribution in [1.82, 2.24) is 5.32 Å². The first-order chi connectivity index (χ1) is 16.7. The van der Waals surface area contributed by atoms with Crippen LogP contribution in [-0.2, 0) is 28.8 Å². The third-order valence-corrected chi connectivity index (χ3v) is 8.40. The Balaban J connectivity index is 0.00000304. The third-order valence-electron chi connectivity index (χ3n) is 8.40. The normalized spacial score (nSPS) is 40.4. The summed E-state index contributed by atoms with van der Waals surface area (Å²) < 4.78 is 12.6. The van der Waals surface area contributed by atoms with Gasteiger partial charge in [0.1, 0.15) is 0 Å².